The number of aromatic nitrogens is 1. The zero-order valence-corrected chi connectivity index (χ0v) is 12.4. The highest BCUT2D eigenvalue weighted by molar-refractivity contribution is 7.11. The summed E-state index contributed by atoms with van der Waals surface area (Å²) in [6.45, 7) is 5.45. The number of halogens is 1. The summed E-state index contributed by atoms with van der Waals surface area (Å²) in [5.74, 6) is -0.765. The number of hydrogen-bond donors (Lipinski definition) is 2. The van der Waals surface area contributed by atoms with E-state index in [-0.39, 0.29) is 10.7 Å². The molecule has 1 aromatic carbocycles. The van der Waals surface area contributed by atoms with Gasteiger partial charge in [0.1, 0.15) is 10.7 Å². The first kappa shape index (κ1) is 15.0. The van der Waals surface area contributed by atoms with Crippen LogP contribution in [0.3, 0.4) is 0 Å². The van der Waals surface area contributed by atoms with Gasteiger partial charge in [0.2, 0.25) is 0 Å². The zero-order chi connectivity index (χ0) is 15.6. The number of nitrogens with zero attached hydrogens (tertiary/aromatic N) is 1. The highest BCUT2D eigenvalue weighted by Gasteiger charge is 2.15. The van der Waals surface area contributed by atoms with E-state index in [1.165, 1.54) is 16.7 Å². The van der Waals surface area contributed by atoms with E-state index in [1.54, 1.807) is 26.1 Å². The van der Waals surface area contributed by atoms with Crippen molar-refractivity contribution < 1.29 is 9.18 Å². The Labute approximate surface area is 124 Å². The van der Waals surface area contributed by atoms with E-state index in [2.05, 4.69) is 17.4 Å². The molecule has 1 amide bonds. The lowest BCUT2D eigenvalue weighted by Gasteiger charge is -2.10. The molecule has 7 heteroatoms. The summed E-state index contributed by atoms with van der Waals surface area (Å²) in [6.07, 6.45) is 0. The molecule has 0 bridgehead atoms. The zero-order valence-electron chi connectivity index (χ0n) is 11.6. The number of benzene rings is 1. The van der Waals surface area contributed by atoms with Gasteiger partial charge in [-0.05, 0) is 36.8 Å². The van der Waals surface area contributed by atoms with Crippen LogP contribution in [0.25, 0.3) is 5.70 Å². The Hall–Kier alpha value is -2.41. The number of hydrogen-bond acceptors (Lipinski definition) is 4. The molecule has 0 spiro atoms. The van der Waals surface area contributed by atoms with Gasteiger partial charge in [0, 0.05) is 12.7 Å². The maximum absolute atomic E-state index is 12.8. The van der Waals surface area contributed by atoms with E-state index in [4.69, 9.17) is 0 Å². The Balaban J connectivity index is 2.04. The summed E-state index contributed by atoms with van der Waals surface area (Å²) in [4.78, 5) is 23.6. The minimum absolute atomic E-state index is 0.199. The molecular formula is C14H14FN3O2S. The number of nitrogens with one attached hydrogen (secondary N) is 2. The minimum Gasteiger partial charge on any atom is -0.306 e. The predicted molar refractivity (Wildman–Crippen MR) is 80.3 cm³/mol. The Morgan fingerprint density at radius 1 is 1.29 bits per heavy atom. The van der Waals surface area contributed by atoms with E-state index in [9.17, 15) is 14.0 Å². The van der Waals surface area contributed by atoms with E-state index in [0.29, 0.717) is 21.8 Å². The SMILES string of the molecule is C=C(NNC(=O)c1sc(=O)n(C)c1C)c1ccc(F)cc1. The van der Waals surface area contributed by atoms with Crippen molar-refractivity contribution in [2.24, 2.45) is 7.05 Å². The molecule has 2 aromatic rings. The Kier molecular flexibility index (Phi) is 4.23. The average Bonchev–Trinajstić information content (AvgIpc) is 2.73. The molecule has 0 radical (unpaired) electrons. The predicted octanol–water partition coefficient (Wildman–Crippen LogP) is 1.80. The normalized spacial score (nSPS) is 10.2. The van der Waals surface area contributed by atoms with E-state index < -0.39 is 5.91 Å². The lowest BCUT2D eigenvalue weighted by atomic mass is 10.2. The molecule has 2 N–H and O–H groups in total. The molecule has 0 saturated heterocycles. The fraction of sp³-hybridized carbons (Fsp3) is 0.143. The van der Waals surface area contributed by atoms with Crippen LogP contribution in [0.1, 0.15) is 20.9 Å². The molecule has 21 heavy (non-hydrogen) atoms. The lowest BCUT2D eigenvalue weighted by molar-refractivity contribution is 0.0945. The van der Waals surface area contributed by atoms with Crippen LogP contribution < -0.4 is 15.7 Å². The number of thiazole rings is 1. The summed E-state index contributed by atoms with van der Waals surface area (Å²) < 4.78 is 14.2. The average molecular weight is 307 g/mol. The maximum atomic E-state index is 12.8. The molecule has 0 aliphatic carbocycles. The fourth-order valence-electron chi connectivity index (χ4n) is 1.64. The smallest absolute Gasteiger partial charge is 0.306 e. The lowest BCUT2D eigenvalue weighted by Crippen LogP contribution is -2.35. The summed E-state index contributed by atoms with van der Waals surface area (Å²) in [6, 6.07) is 5.69. The molecule has 0 atom stereocenters. The highest BCUT2D eigenvalue weighted by atomic mass is 32.1. The molecule has 1 heterocycles. The van der Waals surface area contributed by atoms with Gasteiger partial charge in [0.15, 0.2) is 0 Å². The van der Waals surface area contributed by atoms with Crippen LogP contribution in [0.2, 0.25) is 0 Å². The first-order chi connectivity index (χ1) is 9.90. The summed E-state index contributed by atoms with van der Waals surface area (Å²) in [5.41, 5.74) is 6.78. The molecule has 110 valence electrons. The molecule has 2 rings (SSSR count). The third-order valence-electron chi connectivity index (χ3n) is 3.02. The summed E-state index contributed by atoms with van der Waals surface area (Å²) in [5, 5.41) is 0. The van der Waals surface area contributed by atoms with Crippen LogP contribution in [0.4, 0.5) is 4.39 Å². The Bertz CT molecular complexity index is 747. The number of hydrazine groups is 1. The van der Waals surface area contributed by atoms with Gasteiger partial charge in [-0.3, -0.25) is 20.4 Å². The van der Waals surface area contributed by atoms with Crippen LogP contribution in [0, 0.1) is 12.7 Å². The fourth-order valence-corrected chi connectivity index (χ4v) is 2.52. The van der Waals surface area contributed by atoms with Gasteiger partial charge in [-0.25, -0.2) is 4.39 Å². The largest absolute Gasteiger partial charge is 0.307 e. The van der Waals surface area contributed by atoms with Crippen molar-refractivity contribution in [2.75, 3.05) is 0 Å². The third kappa shape index (κ3) is 3.19. The van der Waals surface area contributed by atoms with E-state index >= 15 is 0 Å². The van der Waals surface area contributed by atoms with Gasteiger partial charge < -0.3 is 4.57 Å². The second-order valence-corrected chi connectivity index (χ2v) is 5.37. The minimum atomic E-state index is -0.418. The number of carbonyl (C=O) groups excluding carboxylic acids is 1. The van der Waals surface area contributed by atoms with Crippen molar-refractivity contribution in [3.05, 3.63) is 62.5 Å². The molecule has 5 nitrogen and oxygen atoms in total. The molecule has 0 unspecified atom stereocenters. The van der Waals surface area contributed by atoms with Crippen molar-refractivity contribution in [2.45, 2.75) is 6.92 Å². The number of carbonyl (C=O) groups is 1. The third-order valence-corrected chi connectivity index (χ3v) is 4.15. The van der Waals surface area contributed by atoms with Crippen molar-refractivity contribution in [1.29, 1.82) is 0 Å². The van der Waals surface area contributed by atoms with Gasteiger partial charge in [0.05, 0.1) is 5.70 Å². The van der Waals surface area contributed by atoms with Crippen molar-refractivity contribution in [3.63, 3.8) is 0 Å². The standard InChI is InChI=1S/C14H14FN3O2S/c1-8(10-4-6-11(15)7-5-10)16-17-13(19)12-9(2)18(3)14(20)21-12/h4-7,16H,1H2,2-3H3,(H,17,19). The number of amides is 1. The van der Waals surface area contributed by atoms with Crippen molar-refractivity contribution in [1.82, 2.24) is 15.4 Å². The number of rotatable bonds is 4. The van der Waals surface area contributed by atoms with Crippen LogP contribution in [-0.2, 0) is 7.05 Å². The van der Waals surface area contributed by atoms with E-state index in [1.807, 2.05) is 0 Å². The van der Waals surface area contributed by atoms with Gasteiger partial charge in [-0.15, -0.1) is 0 Å². The van der Waals surface area contributed by atoms with Crippen LogP contribution in [-0.4, -0.2) is 10.5 Å². The summed E-state index contributed by atoms with van der Waals surface area (Å²) >= 11 is 0.875. The van der Waals surface area contributed by atoms with Gasteiger partial charge in [-0.2, -0.15) is 0 Å². The van der Waals surface area contributed by atoms with Gasteiger partial charge >= 0.3 is 4.87 Å². The molecular weight excluding hydrogens is 293 g/mol. The second-order valence-electron chi connectivity index (χ2n) is 4.41. The van der Waals surface area contributed by atoms with Crippen molar-refractivity contribution >= 4 is 22.9 Å². The van der Waals surface area contributed by atoms with Crippen molar-refractivity contribution in [3.8, 4) is 0 Å². The van der Waals surface area contributed by atoms with Gasteiger partial charge in [-0.1, -0.05) is 17.9 Å². The van der Waals surface area contributed by atoms with E-state index in [0.717, 1.165) is 11.3 Å². The first-order valence-corrected chi connectivity index (χ1v) is 6.89. The van der Waals surface area contributed by atoms with Gasteiger partial charge in [0.25, 0.3) is 5.91 Å². The van der Waals surface area contributed by atoms with Crippen LogP contribution in [0.15, 0.2) is 35.6 Å². The monoisotopic (exact) mass is 307 g/mol. The molecule has 0 aliphatic rings. The second kappa shape index (κ2) is 5.92. The molecule has 0 fully saturated rings. The molecule has 0 aliphatic heterocycles. The topological polar surface area (TPSA) is 63.1 Å². The first-order valence-electron chi connectivity index (χ1n) is 6.07. The highest BCUT2D eigenvalue weighted by Crippen LogP contribution is 2.11. The summed E-state index contributed by atoms with van der Waals surface area (Å²) in [7, 11) is 1.61. The maximum Gasteiger partial charge on any atom is 0.307 e. The quantitative estimate of drug-likeness (QED) is 0.847. The Morgan fingerprint density at radius 2 is 1.90 bits per heavy atom. The molecule has 1 aromatic heterocycles. The Morgan fingerprint density at radius 3 is 2.43 bits per heavy atom. The molecule has 0 saturated carbocycles. The van der Waals surface area contributed by atoms with Crippen LogP contribution >= 0.6 is 11.3 Å². The van der Waals surface area contributed by atoms with Crippen LogP contribution in [0.5, 0.6) is 0 Å².